The monoisotopic (exact) mass is 311 g/mol. The van der Waals surface area contributed by atoms with Gasteiger partial charge in [0, 0.05) is 16.7 Å². The van der Waals surface area contributed by atoms with Crippen LogP contribution in [0.3, 0.4) is 0 Å². The second kappa shape index (κ2) is 5.85. The zero-order chi connectivity index (χ0) is 14.7. The van der Waals surface area contributed by atoms with Gasteiger partial charge in [-0.05, 0) is 24.3 Å². The molecule has 0 radical (unpaired) electrons. The van der Waals surface area contributed by atoms with E-state index in [0.29, 0.717) is 5.02 Å². The van der Waals surface area contributed by atoms with Crippen LogP contribution in [-0.2, 0) is 0 Å². The Balaban J connectivity index is 2.32. The summed E-state index contributed by atoms with van der Waals surface area (Å²) in [5.74, 6) is -0.780. The van der Waals surface area contributed by atoms with Crippen LogP contribution in [0.2, 0.25) is 10.2 Å². The number of halogens is 2. The lowest BCUT2D eigenvalue weighted by molar-refractivity contribution is -0.384. The van der Waals surface area contributed by atoms with Gasteiger partial charge in [0.05, 0.1) is 4.92 Å². The molecule has 0 aliphatic rings. The van der Waals surface area contributed by atoms with Gasteiger partial charge in [-0.3, -0.25) is 14.9 Å². The van der Waals surface area contributed by atoms with Crippen molar-refractivity contribution in [2.75, 3.05) is 5.32 Å². The third-order valence-corrected chi connectivity index (χ3v) is 2.80. The van der Waals surface area contributed by atoms with Crippen molar-refractivity contribution in [3.8, 4) is 0 Å². The van der Waals surface area contributed by atoms with E-state index >= 15 is 0 Å². The van der Waals surface area contributed by atoms with Crippen molar-refractivity contribution in [1.29, 1.82) is 0 Å². The summed E-state index contributed by atoms with van der Waals surface area (Å²) in [5.41, 5.74) is -0.0849. The van der Waals surface area contributed by atoms with Gasteiger partial charge in [0.2, 0.25) is 5.82 Å². The van der Waals surface area contributed by atoms with Gasteiger partial charge in [-0.15, -0.1) is 0 Å². The third-order valence-electron chi connectivity index (χ3n) is 2.36. The summed E-state index contributed by atoms with van der Waals surface area (Å²) in [5, 5.41) is 13.6. The number of nitro groups is 1. The Labute approximate surface area is 123 Å². The molecule has 0 atom stereocenters. The summed E-state index contributed by atoms with van der Waals surface area (Å²) in [6, 6.07) is 8.61. The van der Waals surface area contributed by atoms with Gasteiger partial charge in [-0.1, -0.05) is 29.3 Å². The normalized spacial score (nSPS) is 10.1. The number of amides is 1. The molecular formula is C12H7Cl2N3O3. The molecule has 2 rings (SSSR count). The molecule has 0 fully saturated rings. The maximum Gasteiger partial charge on any atom is 0.311 e. The fraction of sp³-hybridized carbons (Fsp3) is 0. The molecule has 0 spiro atoms. The highest BCUT2D eigenvalue weighted by molar-refractivity contribution is 6.31. The smallest absolute Gasteiger partial charge is 0.301 e. The fourth-order valence-corrected chi connectivity index (χ4v) is 1.81. The third kappa shape index (κ3) is 3.23. The minimum Gasteiger partial charge on any atom is -0.301 e. The second-order valence-electron chi connectivity index (χ2n) is 3.72. The predicted molar refractivity (Wildman–Crippen MR) is 75.3 cm³/mol. The van der Waals surface area contributed by atoms with Gasteiger partial charge < -0.3 is 5.32 Å². The zero-order valence-corrected chi connectivity index (χ0v) is 11.4. The lowest BCUT2D eigenvalue weighted by Crippen LogP contribution is -2.14. The largest absolute Gasteiger partial charge is 0.311 e. The van der Waals surface area contributed by atoms with E-state index in [1.807, 2.05) is 0 Å². The molecule has 6 nitrogen and oxygen atoms in total. The summed E-state index contributed by atoms with van der Waals surface area (Å²) < 4.78 is 0. The minimum absolute atomic E-state index is 0.0389. The number of benzene rings is 1. The maximum absolute atomic E-state index is 12.0. The van der Waals surface area contributed by atoms with Gasteiger partial charge in [-0.2, -0.15) is 0 Å². The van der Waals surface area contributed by atoms with Crippen LogP contribution in [0.1, 0.15) is 10.4 Å². The standard InChI is InChI=1S/C12H7Cl2N3O3/c13-8-3-1-2-7(6-8)12(18)16-11-9(17(19)20)4-5-10(14)15-11/h1-6H,(H,15,16,18). The average Bonchev–Trinajstić information content (AvgIpc) is 2.38. The molecule has 1 amide bonds. The van der Waals surface area contributed by atoms with E-state index in [9.17, 15) is 14.9 Å². The maximum atomic E-state index is 12.0. The number of carbonyl (C=O) groups is 1. The van der Waals surface area contributed by atoms with Crippen LogP contribution in [0.25, 0.3) is 0 Å². The quantitative estimate of drug-likeness (QED) is 0.533. The SMILES string of the molecule is O=C(Nc1nc(Cl)ccc1[N+](=O)[O-])c1cccc(Cl)c1. The lowest BCUT2D eigenvalue weighted by Gasteiger charge is -2.05. The van der Waals surface area contributed by atoms with Crippen molar-refractivity contribution in [2.45, 2.75) is 0 Å². The molecule has 0 saturated heterocycles. The molecular weight excluding hydrogens is 305 g/mol. The fourth-order valence-electron chi connectivity index (χ4n) is 1.48. The Bertz CT molecular complexity index is 691. The second-order valence-corrected chi connectivity index (χ2v) is 4.55. The van der Waals surface area contributed by atoms with E-state index < -0.39 is 10.8 Å². The number of carbonyl (C=O) groups excluding carboxylic acids is 1. The molecule has 1 N–H and O–H groups in total. The predicted octanol–water partition coefficient (Wildman–Crippen LogP) is 3.55. The average molecular weight is 312 g/mol. The number of anilines is 1. The number of rotatable bonds is 3. The van der Waals surface area contributed by atoms with Crippen LogP contribution in [0, 0.1) is 10.1 Å². The highest BCUT2D eigenvalue weighted by Crippen LogP contribution is 2.24. The summed E-state index contributed by atoms with van der Waals surface area (Å²) in [6.45, 7) is 0. The van der Waals surface area contributed by atoms with Gasteiger partial charge in [-0.25, -0.2) is 4.98 Å². The molecule has 8 heteroatoms. The van der Waals surface area contributed by atoms with Crippen LogP contribution < -0.4 is 5.32 Å². The van der Waals surface area contributed by atoms with Crippen molar-refractivity contribution >= 4 is 40.6 Å². The highest BCUT2D eigenvalue weighted by Gasteiger charge is 2.18. The topological polar surface area (TPSA) is 85.1 Å². The Morgan fingerprint density at radius 1 is 1.25 bits per heavy atom. The van der Waals surface area contributed by atoms with E-state index in [2.05, 4.69) is 10.3 Å². The van der Waals surface area contributed by atoms with Crippen LogP contribution >= 0.6 is 23.2 Å². The Kier molecular flexibility index (Phi) is 4.16. The summed E-state index contributed by atoms with van der Waals surface area (Å²) in [7, 11) is 0. The van der Waals surface area contributed by atoms with Gasteiger partial charge in [0.1, 0.15) is 5.15 Å². The Hall–Kier alpha value is -2.18. The molecule has 0 unspecified atom stereocenters. The summed E-state index contributed by atoms with van der Waals surface area (Å²) in [4.78, 5) is 25.9. The highest BCUT2D eigenvalue weighted by atomic mass is 35.5. The minimum atomic E-state index is -0.656. The van der Waals surface area contributed by atoms with E-state index in [4.69, 9.17) is 23.2 Å². The van der Waals surface area contributed by atoms with Crippen molar-refractivity contribution in [2.24, 2.45) is 0 Å². The molecule has 1 aromatic carbocycles. The van der Waals surface area contributed by atoms with E-state index in [1.165, 1.54) is 24.3 Å². The summed E-state index contributed by atoms with van der Waals surface area (Å²) in [6.07, 6.45) is 0. The molecule has 20 heavy (non-hydrogen) atoms. The number of pyridine rings is 1. The molecule has 0 aliphatic carbocycles. The zero-order valence-electron chi connectivity index (χ0n) is 9.84. The molecule has 102 valence electrons. The van der Waals surface area contributed by atoms with Crippen LogP contribution in [0.4, 0.5) is 11.5 Å². The first-order valence-electron chi connectivity index (χ1n) is 5.35. The van der Waals surface area contributed by atoms with Crippen molar-refractivity contribution in [3.63, 3.8) is 0 Å². The van der Waals surface area contributed by atoms with E-state index in [0.717, 1.165) is 0 Å². The van der Waals surface area contributed by atoms with E-state index in [1.54, 1.807) is 12.1 Å². The molecule has 2 aromatic rings. The Morgan fingerprint density at radius 3 is 2.65 bits per heavy atom. The number of nitrogens with one attached hydrogen (secondary N) is 1. The first-order chi connectivity index (χ1) is 9.47. The molecule has 0 saturated carbocycles. The molecule has 0 bridgehead atoms. The number of hydrogen-bond acceptors (Lipinski definition) is 4. The number of hydrogen-bond donors (Lipinski definition) is 1. The van der Waals surface area contributed by atoms with Gasteiger partial charge in [0.15, 0.2) is 0 Å². The Morgan fingerprint density at radius 2 is 2.00 bits per heavy atom. The van der Waals surface area contributed by atoms with Crippen molar-refractivity contribution in [1.82, 2.24) is 4.98 Å². The summed E-state index contributed by atoms with van der Waals surface area (Å²) >= 11 is 11.4. The molecule has 0 aliphatic heterocycles. The molecule has 1 heterocycles. The first-order valence-corrected chi connectivity index (χ1v) is 6.11. The van der Waals surface area contributed by atoms with E-state index in [-0.39, 0.29) is 22.2 Å². The number of nitrogens with zero attached hydrogens (tertiary/aromatic N) is 2. The van der Waals surface area contributed by atoms with Crippen LogP contribution in [0.5, 0.6) is 0 Å². The van der Waals surface area contributed by atoms with Gasteiger partial charge in [0.25, 0.3) is 5.91 Å². The molecule has 1 aromatic heterocycles. The van der Waals surface area contributed by atoms with Crippen molar-refractivity contribution < 1.29 is 9.72 Å². The van der Waals surface area contributed by atoms with Gasteiger partial charge >= 0.3 is 5.69 Å². The van der Waals surface area contributed by atoms with Crippen LogP contribution in [0.15, 0.2) is 36.4 Å². The van der Waals surface area contributed by atoms with Crippen LogP contribution in [-0.4, -0.2) is 15.8 Å². The first kappa shape index (κ1) is 14.2. The lowest BCUT2D eigenvalue weighted by atomic mass is 10.2. The number of aromatic nitrogens is 1. The van der Waals surface area contributed by atoms with Crippen molar-refractivity contribution in [3.05, 3.63) is 62.3 Å².